The molecule has 0 radical (unpaired) electrons. The number of nitrogens with two attached hydrogens (primary N) is 1. The third kappa shape index (κ3) is 6.03. The molecule has 0 spiro atoms. The van der Waals surface area contributed by atoms with Crippen LogP contribution >= 0.6 is 0 Å². The third-order valence-corrected chi connectivity index (χ3v) is 6.18. The molecule has 0 aromatic heterocycles. The van der Waals surface area contributed by atoms with Gasteiger partial charge in [-0.3, -0.25) is 4.79 Å². The number of carbonyl (C=O) groups is 1. The first kappa shape index (κ1) is 21.3. The highest BCUT2D eigenvalue weighted by Gasteiger charge is 2.28. The van der Waals surface area contributed by atoms with Crippen LogP contribution in [0.2, 0.25) is 0 Å². The summed E-state index contributed by atoms with van der Waals surface area (Å²) in [5.74, 6) is 0.124. The zero-order valence-electron chi connectivity index (χ0n) is 18.3. The summed E-state index contributed by atoms with van der Waals surface area (Å²) in [5, 5.41) is 5.42. The highest BCUT2D eigenvalue weighted by molar-refractivity contribution is 5.77. The number of carbonyl (C=O) groups excluding carboxylic acids is 1. The molecule has 1 saturated heterocycles. The maximum absolute atomic E-state index is 12.7. The van der Waals surface area contributed by atoms with Crippen molar-refractivity contribution < 1.29 is 15.0 Å². The van der Waals surface area contributed by atoms with Gasteiger partial charge < -0.3 is 15.5 Å². The predicted octanol–water partition coefficient (Wildman–Crippen LogP) is 1.62. The molecule has 3 aromatic carbocycles. The van der Waals surface area contributed by atoms with Crippen molar-refractivity contribution in [3.05, 3.63) is 107 Å². The Labute approximate surface area is 185 Å². The van der Waals surface area contributed by atoms with Crippen LogP contribution in [0.1, 0.15) is 34.7 Å². The van der Waals surface area contributed by atoms with Gasteiger partial charge in [0.25, 0.3) is 5.91 Å². The van der Waals surface area contributed by atoms with Gasteiger partial charge in [0.15, 0.2) is 6.54 Å². The van der Waals surface area contributed by atoms with Crippen LogP contribution in [0.25, 0.3) is 0 Å². The number of likely N-dealkylation sites (tertiary alicyclic amines) is 1. The van der Waals surface area contributed by atoms with Gasteiger partial charge >= 0.3 is 0 Å². The molecule has 3 aromatic rings. The number of rotatable bonds is 8. The smallest absolute Gasteiger partial charge is 0.275 e. The quantitative estimate of drug-likeness (QED) is 0.515. The predicted molar refractivity (Wildman–Crippen MR) is 124 cm³/mol. The molecule has 0 saturated carbocycles. The number of nitrogens with one attached hydrogen (secondary N) is 2. The van der Waals surface area contributed by atoms with E-state index < -0.39 is 0 Å². The standard InChI is InChI=1S/C27H31N3O/c1-21-12-14-24(15-13-21)27(23-10-6-3-7-11-23)28-18-26(31)29-25-16-17-30(20-25)19-22-8-4-2-5-9-22/h2-15,25,27-28H,16-20H2,1H3,(H,29,31)/p+2/t25-,27+/m1/s1. The van der Waals surface area contributed by atoms with Crippen LogP contribution in [-0.4, -0.2) is 31.6 Å². The number of aryl methyl sites for hydroxylation is 1. The Morgan fingerprint density at radius 1 is 0.968 bits per heavy atom. The number of hydrogen-bond acceptors (Lipinski definition) is 1. The molecule has 1 fully saturated rings. The molecule has 1 aliphatic heterocycles. The van der Waals surface area contributed by atoms with E-state index in [2.05, 4.69) is 96.4 Å². The van der Waals surface area contributed by atoms with Crippen molar-refractivity contribution in [1.29, 1.82) is 0 Å². The van der Waals surface area contributed by atoms with Crippen molar-refractivity contribution in [2.75, 3.05) is 19.6 Å². The van der Waals surface area contributed by atoms with E-state index in [0.717, 1.165) is 26.1 Å². The molecule has 4 N–H and O–H groups in total. The van der Waals surface area contributed by atoms with Crippen molar-refractivity contribution in [3.8, 4) is 0 Å². The van der Waals surface area contributed by atoms with E-state index in [9.17, 15) is 4.79 Å². The zero-order chi connectivity index (χ0) is 21.5. The average molecular weight is 416 g/mol. The Hall–Kier alpha value is -2.95. The van der Waals surface area contributed by atoms with Crippen LogP contribution in [0.3, 0.4) is 0 Å². The lowest BCUT2D eigenvalue weighted by Crippen LogP contribution is -3.09. The second-order valence-electron chi connectivity index (χ2n) is 8.66. The Balaban J connectivity index is 1.31. The molecule has 1 unspecified atom stereocenters. The van der Waals surface area contributed by atoms with Crippen LogP contribution < -0.4 is 15.5 Å². The fraction of sp³-hybridized carbons (Fsp3) is 0.296. The summed E-state index contributed by atoms with van der Waals surface area (Å²) in [6.07, 6.45) is 1.05. The van der Waals surface area contributed by atoms with Crippen molar-refractivity contribution >= 4 is 5.91 Å². The van der Waals surface area contributed by atoms with E-state index in [1.165, 1.54) is 22.3 Å². The zero-order valence-corrected chi connectivity index (χ0v) is 18.3. The number of hydrogen-bond donors (Lipinski definition) is 3. The van der Waals surface area contributed by atoms with Gasteiger partial charge in [-0.05, 0) is 6.92 Å². The van der Waals surface area contributed by atoms with E-state index >= 15 is 0 Å². The highest BCUT2D eigenvalue weighted by Crippen LogP contribution is 2.18. The third-order valence-electron chi connectivity index (χ3n) is 6.18. The first-order chi connectivity index (χ1) is 15.2. The SMILES string of the molecule is Cc1ccc([C@@H]([NH2+]CC(=O)N[C@@H]2CC[NH+](Cc3ccccc3)C2)c2ccccc2)cc1. The van der Waals surface area contributed by atoms with Crippen molar-refractivity contribution in [2.45, 2.75) is 32.0 Å². The minimum Gasteiger partial charge on any atom is -0.343 e. The van der Waals surface area contributed by atoms with Gasteiger partial charge in [0, 0.05) is 23.1 Å². The van der Waals surface area contributed by atoms with Crippen LogP contribution in [0.5, 0.6) is 0 Å². The van der Waals surface area contributed by atoms with Crippen molar-refractivity contribution in [2.24, 2.45) is 0 Å². The summed E-state index contributed by atoms with van der Waals surface area (Å²) in [7, 11) is 0. The molecule has 4 nitrogen and oxygen atoms in total. The fourth-order valence-corrected chi connectivity index (χ4v) is 4.51. The summed E-state index contributed by atoms with van der Waals surface area (Å²) in [6.45, 7) is 5.67. The van der Waals surface area contributed by atoms with Crippen molar-refractivity contribution in [1.82, 2.24) is 5.32 Å². The van der Waals surface area contributed by atoms with Crippen LogP contribution in [0, 0.1) is 6.92 Å². The van der Waals surface area contributed by atoms with E-state index in [4.69, 9.17) is 0 Å². The van der Waals surface area contributed by atoms with Crippen LogP contribution in [0.15, 0.2) is 84.9 Å². The summed E-state index contributed by atoms with van der Waals surface area (Å²) < 4.78 is 0. The van der Waals surface area contributed by atoms with E-state index in [-0.39, 0.29) is 18.0 Å². The van der Waals surface area contributed by atoms with Gasteiger partial charge in [-0.2, -0.15) is 0 Å². The summed E-state index contributed by atoms with van der Waals surface area (Å²) >= 11 is 0. The largest absolute Gasteiger partial charge is 0.343 e. The summed E-state index contributed by atoms with van der Waals surface area (Å²) in [6, 6.07) is 30.1. The van der Waals surface area contributed by atoms with E-state index in [1.54, 1.807) is 4.90 Å². The molecule has 160 valence electrons. The molecular weight excluding hydrogens is 382 g/mol. The maximum atomic E-state index is 12.7. The number of amides is 1. The van der Waals surface area contributed by atoms with Crippen molar-refractivity contribution in [3.63, 3.8) is 0 Å². The molecule has 1 amide bonds. The Morgan fingerprint density at radius 2 is 1.61 bits per heavy atom. The highest BCUT2D eigenvalue weighted by atomic mass is 16.2. The maximum Gasteiger partial charge on any atom is 0.275 e. The second kappa shape index (κ2) is 10.4. The Bertz CT molecular complexity index is 957. The van der Waals surface area contributed by atoms with Gasteiger partial charge in [0.2, 0.25) is 0 Å². The summed E-state index contributed by atoms with van der Waals surface area (Å²) in [5.41, 5.74) is 5.06. The minimum atomic E-state index is 0.122. The molecule has 3 atom stereocenters. The monoisotopic (exact) mass is 415 g/mol. The molecule has 1 aliphatic rings. The Kier molecular flexibility index (Phi) is 7.13. The molecule has 4 heteroatoms. The first-order valence-corrected chi connectivity index (χ1v) is 11.3. The molecule has 4 rings (SSSR count). The topological polar surface area (TPSA) is 50.1 Å². The lowest BCUT2D eigenvalue weighted by atomic mass is 9.98. The Morgan fingerprint density at radius 3 is 2.32 bits per heavy atom. The lowest BCUT2D eigenvalue weighted by Gasteiger charge is -2.18. The molecule has 31 heavy (non-hydrogen) atoms. The fourth-order valence-electron chi connectivity index (χ4n) is 4.51. The molecular formula is C27H33N3O+2. The summed E-state index contributed by atoms with van der Waals surface area (Å²) in [4.78, 5) is 14.3. The van der Waals surface area contributed by atoms with Gasteiger partial charge in [-0.15, -0.1) is 0 Å². The molecule has 0 aliphatic carbocycles. The number of benzene rings is 3. The van der Waals surface area contributed by atoms with Gasteiger partial charge in [-0.25, -0.2) is 0 Å². The molecule has 0 bridgehead atoms. The molecule has 1 heterocycles. The lowest BCUT2D eigenvalue weighted by molar-refractivity contribution is -0.901. The van der Waals surface area contributed by atoms with Gasteiger partial charge in [-0.1, -0.05) is 90.5 Å². The normalized spacial score (nSPS) is 19.1. The van der Waals surface area contributed by atoms with Crippen LogP contribution in [0.4, 0.5) is 0 Å². The van der Waals surface area contributed by atoms with E-state index in [1.807, 2.05) is 6.07 Å². The first-order valence-electron chi connectivity index (χ1n) is 11.3. The van der Waals surface area contributed by atoms with E-state index in [0.29, 0.717) is 6.54 Å². The minimum absolute atomic E-state index is 0.122. The number of quaternary nitrogens is 2. The average Bonchev–Trinajstić information content (AvgIpc) is 3.23. The van der Waals surface area contributed by atoms with Gasteiger partial charge in [0.1, 0.15) is 12.6 Å². The second-order valence-corrected chi connectivity index (χ2v) is 8.66. The van der Waals surface area contributed by atoms with Crippen LogP contribution in [-0.2, 0) is 11.3 Å². The van der Waals surface area contributed by atoms with Gasteiger partial charge in [0.05, 0.1) is 19.1 Å².